The third-order valence-corrected chi connectivity index (χ3v) is 7.19. The maximum absolute atomic E-state index is 14.1. The zero-order valence-electron chi connectivity index (χ0n) is 22.3. The van der Waals surface area contributed by atoms with Gasteiger partial charge in [-0.1, -0.05) is 36.9 Å². The topological polar surface area (TPSA) is 92.6 Å². The first-order valence-electron chi connectivity index (χ1n) is 13.4. The molecule has 202 valence electrons. The van der Waals surface area contributed by atoms with Crippen LogP contribution in [0.4, 0.5) is 28.7 Å². The molecule has 2 aliphatic heterocycles. The number of anilines is 5. The molecule has 0 unspecified atom stereocenters. The second-order valence-electron chi connectivity index (χ2n) is 9.82. The highest BCUT2D eigenvalue weighted by Gasteiger charge is 2.30. The van der Waals surface area contributed by atoms with E-state index in [1.54, 1.807) is 15.7 Å². The summed E-state index contributed by atoms with van der Waals surface area (Å²) in [6.45, 7) is 7.49. The minimum Gasteiger partial charge on any atom is -0.494 e. The van der Waals surface area contributed by atoms with Gasteiger partial charge < -0.3 is 19.9 Å². The molecular weight excluding hydrogens is 504 g/mol. The van der Waals surface area contributed by atoms with E-state index in [0.717, 1.165) is 46.6 Å². The second-order valence-corrected chi connectivity index (χ2v) is 9.82. The summed E-state index contributed by atoms with van der Waals surface area (Å²) in [4.78, 5) is 39.8. The molecule has 1 N–H and O–H groups in total. The number of nitrogens with one attached hydrogen (secondary N) is 1. The van der Waals surface area contributed by atoms with Gasteiger partial charge in [-0.05, 0) is 55.7 Å². The van der Waals surface area contributed by atoms with Crippen LogP contribution in [0.3, 0.4) is 0 Å². The van der Waals surface area contributed by atoms with Crippen molar-refractivity contribution in [3.8, 4) is 5.75 Å². The Morgan fingerprint density at radius 3 is 2.85 bits per heavy atom. The van der Waals surface area contributed by atoms with E-state index in [1.807, 2.05) is 66.4 Å². The van der Waals surface area contributed by atoms with Crippen molar-refractivity contribution in [1.82, 2.24) is 14.5 Å². The van der Waals surface area contributed by atoms with Crippen LogP contribution in [0.15, 0.2) is 84.3 Å². The molecule has 1 amide bonds. The SMILES string of the molecule is C=CC(=O)N1CCN(c2cc3cnc4nc3n(c2=O)C/C=C/CCCOc2cccc(c2)N4)c2cccc(C)c21. The molecule has 9 nitrogen and oxygen atoms in total. The zero-order chi connectivity index (χ0) is 27.6. The van der Waals surface area contributed by atoms with Gasteiger partial charge in [-0.15, -0.1) is 0 Å². The lowest BCUT2D eigenvalue weighted by molar-refractivity contribution is -0.114. The van der Waals surface area contributed by atoms with Crippen LogP contribution in [0.5, 0.6) is 5.75 Å². The molecule has 2 aromatic heterocycles. The van der Waals surface area contributed by atoms with Gasteiger partial charge in [0.2, 0.25) is 5.95 Å². The number of aromatic nitrogens is 3. The van der Waals surface area contributed by atoms with Gasteiger partial charge in [0.25, 0.3) is 11.5 Å². The maximum atomic E-state index is 14.1. The monoisotopic (exact) mass is 534 g/mol. The van der Waals surface area contributed by atoms with E-state index in [0.29, 0.717) is 43.5 Å². The largest absolute Gasteiger partial charge is 0.494 e. The highest BCUT2D eigenvalue weighted by atomic mass is 16.5. The van der Waals surface area contributed by atoms with E-state index in [4.69, 9.17) is 9.72 Å². The van der Waals surface area contributed by atoms with Crippen molar-refractivity contribution in [3.63, 3.8) is 0 Å². The summed E-state index contributed by atoms with van der Waals surface area (Å²) in [7, 11) is 0. The molecule has 6 rings (SSSR count). The summed E-state index contributed by atoms with van der Waals surface area (Å²) in [5, 5.41) is 3.99. The van der Waals surface area contributed by atoms with Gasteiger partial charge in [-0.2, -0.15) is 4.98 Å². The minimum absolute atomic E-state index is 0.160. The predicted molar refractivity (Wildman–Crippen MR) is 158 cm³/mol. The number of amides is 1. The predicted octanol–water partition coefficient (Wildman–Crippen LogP) is 5.24. The third kappa shape index (κ3) is 4.70. The number of carbonyl (C=O) groups excluding carboxylic acids is 1. The van der Waals surface area contributed by atoms with Crippen LogP contribution in [-0.4, -0.2) is 40.1 Å². The quantitative estimate of drug-likeness (QED) is 0.278. The van der Waals surface area contributed by atoms with Gasteiger partial charge in [0.1, 0.15) is 17.1 Å². The van der Waals surface area contributed by atoms with Gasteiger partial charge >= 0.3 is 0 Å². The first-order chi connectivity index (χ1) is 19.5. The molecule has 9 heteroatoms. The van der Waals surface area contributed by atoms with Crippen molar-refractivity contribution in [2.24, 2.45) is 0 Å². The van der Waals surface area contributed by atoms with Crippen LogP contribution in [0.1, 0.15) is 18.4 Å². The van der Waals surface area contributed by atoms with Crippen LogP contribution in [0, 0.1) is 6.92 Å². The number of allylic oxidation sites excluding steroid dienone is 2. The number of rotatable bonds is 2. The van der Waals surface area contributed by atoms with E-state index in [2.05, 4.69) is 23.0 Å². The van der Waals surface area contributed by atoms with Gasteiger partial charge in [-0.3, -0.25) is 14.2 Å². The average molecular weight is 535 g/mol. The van der Waals surface area contributed by atoms with E-state index in [1.165, 1.54) is 6.08 Å². The Balaban J connectivity index is 1.49. The molecule has 2 aliphatic rings. The number of ether oxygens (including phenoxy) is 1. The summed E-state index contributed by atoms with van der Waals surface area (Å²) >= 11 is 0. The molecule has 4 bridgehead atoms. The number of para-hydroxylation sites is 1. The summed E-state index contributed by atoms with van der Waals surface area (Å²) < 4.78 is 7.58. The molecule has 0 atom stereocenters. The first kappa shape index (κ1) is 25.4. The fourth-order valence-corrected chi connectivity index (χ4v) is 5.27. The van der Waals surface area contributed by atoms with Crippen molar-refractivity contribution < 1.29 is 9.53 Å². The van der Waals surface area contributed by atoms with Crippen molar-refractivity contribution in [2.45, 2.75) is 26.3 Å². The number of hydrogen-bond acceptors (Lipinski definition) is 7. The van der Waals surface area contributed by atoms with Crippen LogP contribution < -0.4 is 25.4 Å². The number of fused-ring (bicyclic) bond motifs is 4. The van der Waals surface area contributed by atoms with Crippen molar-refractivity contribution in [1.29, 1.82) is 0 Å². The molecule has 2 aromatic carbocycles. The van der Waals surface area contributed by atoms with Gasteiger partial charge in [0.15, 0.2) is 0 Å². The van der Waals surface area contributed by atoms with Crippen LogP contribution in [0.2, 0.25) is 0 Å². The Morgan fingerprint density at radius 1 is 1.10 bits per heavy atom. The molecule has 4 heterocycles. The van der Waals surface area contributed by atoms with Crippen LogP contribution in [0.25, 0.3) is 11.0 Å². The molecule has 0 saturated carbocycles. The Kier molecular flexibility index (Phi) is 6.77. The van der Waals surface area contributed by atoms with Crippen molar-refractivity contribution in [3.05, 3.63) is 95.5 Å². The summed E-state index contributed by atoms with van der Waals surface area (Å²) in [6.07, 6.45) is 8.82. The minimum atomic E-state index is -0.162. The molecule has 0 aliphatic carbocycles. The number of carbonyl (C=O) groups is 1. The molecule has 40 heavy (non-hydrogen) atoms. The average Bonchev–Trinajstić information content (AvgIpc) is 2.97. The number of pyridine rings is 1. The highest BCUT2D eigenvalue weighted by Crippen LogP contribution is 2.39. The summed E-state index contributed by atoms with van der Waals surface area (Å²) in [6, 6.07) is 15.4. The normalized spacial score (nSPS) is 15.8. The third-order valence-electron chi connectivity index (χ3n) is 7.19. The lowest BCUT2D eigenvalue weighted by Crippen LogP contribution is -2.44. The van der Waals surface area contributed by atoms with E-state index in [-0.39, 0.29) is 11.5 Å². The Hall–Kier alpha value is -4.92. The lowest BCUT2D eigenvalue weighted by atomic mass is 10.1. The van der Waals surface area contributed by atoms with Crippen molar-refractivity contribution >= 4 is 45.6 Å². The zero-order valence-corrected chi connectivity index (χ0v) is 22.3. The first-order valence-corrected chi connectivity index (χ1v) is 13.4. The Morgan fingerprint density at radius 2 is 1.98 bits per heavy atom. The van der Waals surface area contributed by atoms with E-state index < -0.39 is 0 Å². The molecule has 0 spiro atoms. The van der Waals surface area contributed by atoms with Crippen molar-refractivity contribution in [2.75, 3.05) is 34.8 Å². The lowest BCUT2D eigenvalue weighted by Gasteiger charge is -2.38. The van der Waals surface area contributed by atoms with Crippen LogP contribution in [-0.2, 0) is 11.3 Å². The molecule has 0 fully saturated rings. The van der Waals surface area contributed by atoms with E-state index >= 15 is 0 Å². The number of hydrogen-bond donors (Lipinski definition) is 1. The molecule has 0 radical (unpaired) electrons. The van der Waals surface area contributed by atoms with Gasteiger partial charge in [0.05, 0.1) is 18.0 Å². The molecule has 4 aromatic rings. The Bertz CT molecular complexity index is 1710. The highest BCUT2D eigenvalue weighted by molar-refractivity contribution is 6.05. The second kappa shape index (κ2) is 10.7. The standard InChI is InChI=1S/C31H30N6O3/c1-3-27(38)36-16-15-35(25-13-8-10-21(2)28(25)36)26-18-22-20-32-31-33-23-11-9-12-24(19-23)40-17-7-5-4-6-14-37(30(26)39)29(22)34-31/h3-4,6,8-13,18-20H,1,5,7,14-17H2,2H3,(H,32,33,34)/b6-4+. The van der Waals surface area contributed by atoms with Gasteiger partial charge in [0, 0.05) is 43.0 Å². The molecular formula is C31H30N6O3. The fraction of sp³-hybridized carbons (Fsp3) is 0.226. The van der Waals surface area contributed by atoms with Gasteiger partial charge in [-0.25, -0.2) is 4.98 Å². The number of nitrogens with zero attached hydrogens (tertiary/aromatic N) is 5. The van der Waals surface area contributed by atoms with Crippen LogP contribution >= 0.6 is 0 Å². The van der Waals surface area contributed by atoms with E-state index in [9.17, 15) is 9.59 Å². The summed E-state index contributed by atoms with van der Waals surface area (Å²) in [5.41, 5.74) is 4.24. The fourth-order valence-electron chi connectivity index (χ4n) is 5.27. The number of aryl methyl sites for hydroxylation is 1. The number of benzene rings is 2. The maximum Gasteiger partial charge on any atom is 0.276 e. The smallest absolute Gasteiger partial charge is 0.276 e. The molecule has 0 saturated heterocycles. The Labute approximate surface area is 232 Å². The summed E-state index contributed by atoms with van der Waals surface area (Å²) in [5.74, 6) is 1.00.